The second-order valence-corrected chi connectivity index (χ2v) is 8.43. The van der Waals surface area contributed by atoms with Crippen molar-refractivity contribution in [2.24, 2.45) is 0 Å². The van der Waals surface area contributed by atoms with E-state index in [2.05, 4.69) is 4.98 Å². The first-order valence-corrected chi connectivity index (χ1v) is 11.4. The minimum absolute atomic E-state index is 0.0238. The lowest BCUT2D eigenvalue weighted by Crippen LogP contribution is -2.36. The number of hydrogen-bond donors (Lipinski definition) is 0. The van der Waals surface area contributed by atoms with Gasteiger partial charge < -0.3 is 14.4 Å². The molecule has 1 amide bonds. The van der Waals surface area contributed by atoms with Crippen LogP contribution in [0.4, 0.5) is 0 Å². The van der Waals surface area contributed by atoms with Crippen molar-refractivity contribution in [2.75, 3.05) is 27.3 Å². The van der Waals surface area contributed by atoms with Crippen LogP contribution in [0.15, 0.2) is 65.4 Å². The van der Waals surface area contributed by atoms with Crippen molar-refractivity contribution in [3.05, 3.63) is 76.5 Å². The molecule has 0 radical (unpaired) electrons. The number of rotatable bonds is 6. The Balaban J connectivity index is 1.81. The lowest BCUT2D eigenvalue weighted by Gasteiger charge is -2.28. The molecule has 0 atom stereocenters. The van der Waals surface area contributed by atoms with E-state index in [1.807, 2.05) is 35.2 Å². The zero-order valence-corrected chi connectivity index (χ0v) is 19.7. The number of nitrogens with zero attached hydrogens (tertiary/aromatic N) is 2. The van der Waals surface area contributed by atoms with E-state index < -0.39 is 0 Å². The number of Topliss-reactive ketones (excluding diaryl/α,β-unsaturated/α-hetero) is 2. The summed E-state index contributed by atoms with van der Waals surface area (Å²) in [4.78, 5) is 45.6. The van der Waals surface area contributed by atoms with Crippen LogP contribution in [0.5, 0.6) is 0 Å². The van der Waals surface area contributed by atoms with Gasteiger partial charge in [-0.1, -0.05) is 12.1 Å². The largest absolute Gasteiger partial charge is 0.489 e. The minimum atomic E-state index is -0.384. The average molecular weight is 461 g/mol. The number of hydrogen-bond acceptors (Lipinski definition) is 6. The van der Waals surface area contributed by atoms with Gasteiger partial charge in [-0.2, -0.15) is 0 Å². The Morgan fingerprint density at radius 1 is 0.941 bits per heavy atom. The van der Waals surface area contributed by atoms with Gasteiger partial charge in [0, 0.05) is 48.6 Å². The Kier molecular flexibility index (Phi) is 6.91. The third kappa shape index (κ3) is 4.25. The summed E-state index contributed by atoms with van der Waals surface area (Å²) < 4.78 is 10.4. The number of piperidine rings is 1. The van der Waals surface area contributed by atoms with Gasteiger partial charge in [-0.15, -0.1) is 0 Å². The molecule has 4 rings (SSSR count). The lowest BCUT2D eigenvalue weighted by molar-refractivity contribution is -0.121. The van der Waals surface area contributed by atoms with Gasteiger partial charge in [-0.05, 0) is 61.1 Å². The Hall–Kier alpha value is -3.74. The van der Waals surface area contributed by atoms with Crippen LogP contribution in [-0.4, -0.2) is 54.7 Å². The van der Waals surface area contributed by atoms with Crippen molar-refractivity contribution in [2.45, 2.75) is 32.6 Å². The van der Waals surface area contributed by atoms with Crippen LogP contribution < -0.4 is 0 Å². The number of pyridine rings is 1. The van der Waals surface area contributed by atoms with Gasteiger partial charge in [0.1, 0.15) is 0 Å². The highest BCUT2D eigenvalue weighted by Gasteiger charge is 2.35. The molecule has 1 aromatic carbocycles. The molecule has 0 unspecified atom stereocenters. The van der Waals surface area contributed by atoms with E-state index in [1.165, 1.54) is 14.2 Å². The van der Waals surface area contributed by atoms with Gasteiger partial charge >= 0.3 is 0 Å². The SMILES string of the molecule is COC1=C(OC)C(=O)C(Cc2cccc(C(=O)N3CCCCC3)c2-c2ccncc2)=C(C)C1=O. The maximum Gasteiger partial charge on any atom is 0.254 e. The Labute approximate surface area is 199 Å². The van der Waals surface area contributed by atoms with Crippen LogP contribution in [-0.2, 0) is 25.5 Å². The van der Waals surface area contributed by atoms with Crippen molar-refractivity contribution >= 4 is 17.5 Å². The number of amides is 1. The van der Waals surface area contributed by atoms with E-state index in [1.54, 1.807) is 19.3 Å². The van der Waals surface area contributed by atoms with Gasteiger partial charge in [-0.25, -0.2) is 0 Å². The number of carbonyl (C=O) groups excluding carboxylic acids is 3. The summed E-state index contributed by atoms with van der Waals surface area (Å²) >= 11 is 0. The number of likely N-dealkylation sites (tertiary alicyclic amines) is 1. The van der Waals surface area contributed by atoms with E-state index >= 15 is 0 Å². The first-order chi connectivity index (χ1) is 16.5. The molecular formula is C27H28N2O5. The Morgan fingerprint density at radius 3 is 2.24 bits per heavy atom. The topological polar surface area (TPSA) is 85.8 Å². The second-order valence-electron chi connectivity index (χ2n) is 8.43. The first-order valence-electron chi connectivity index (χ1n) is 11.4. The first kappa shape index (κ1) is 23.4. The highest BCUT2D eigenvalue weighted by molar-refractivity contribution is 6.23. The predicted octanol–water partition coefficient (Wildman–Crippen LogP) is 3.89. The standard InChI is InChI=1S/C27H28N2O5/c1-17-21(24(31)26(34-3)25(33-2)23(17)30)16-19-8-7-9-20(22(19)18-10-12-28-13-11-18)27(32)29-14-5-4-6-15-29/h7-13H,4-6,14-16H2,1-3H3. The summed E-state index contributed by atoms with van der Waals surface area (Å²) in [5, 5.41) is 0. The molecule has 7 heteroatoms. The monoisotopic (exact) mass is 460 g/mol. The molecule has 1 fully saturated rings. The number of ether oxygens (including phenoxy) is 2. The molecular weight excluding hydrogens is 432 g/mol. The van der Waals surface area contributed by atoms with Gasteiger partial charge in [0.15, 0.2) is 0 Å². The van der Waals surface area contributed by atoms with E-state index in [0.29, 0.717) is 16.7 Å². The van der Waals surface area contributed by atoms with Crippen molar-refractivity contribution in [1.82, 2.24) is 9.88 Å². The highest BCUT2D eigenvalue weighted by Crippen LogP contribution is 2.34. The zero-order valence-electron chi connectivity index (χ0n) is 19.7. The molecule has 0 N–H and O–H groups in total. The van der Waals surface area contributed by atoms with Crippen molar-refractivity contribution in [1.29, 1.82) is 0 Å². The number of aromatic nitrogens is 1. The fourth-order valence-electron chi connectivity index (χ4n) is 4.65. The van der Waals surface area contributed by atoms with Crippen LogP contribution in [0.25, 0.3) is 11.1 Å². The smallest absolute Gasteiger partial charge is 0.254 e. The summed E-state index contributed by atoms with van der Waals surface area (Å²) in [5.74, 6) is -0.967. The molecule has 0 spiro atoms. The quantitative estimate of drug-likeness (QED) is 0.608. The molecule has 2 heterocycles. The van der Waals surface area contributed by atoms with Crippen LogP contribution in [0, 0.1) is 0 Å². The minimum Gasteiger partial charge on any atom is -0.489 e. The third-order valence-corrected chi connectivity index (χ3v) is 6.45. The van der Waals surface area contributed by atoms with Crippen molar-refractivity contribution in [3.8, 4) is 11.1 Å². The number of allylic oxidation sites excluding steroid dienone is 2. The predicted molar refractivity (Wildman–Crippen MR) is 127 cm³/mol. The molecule has 1 aliphatic carbocycles. The summed E-state index contributed by atoms with van der Waals surface area (Å²) in [6, 6.07) is 9.25. The van der Waals surface area contributed by atoms with E-state index in [0.717, 1.165) is 49.0 Å². The molecule has 1 saturated heterocycles. The zero-order chi connectivity index (χ0) is 24.2. The molecule has 2 aromatic rings. The van der Waals surface area contributed by atoms with Crippen LogP contribution in [0.3, 0.4) is 0 Å². The van der Waals surface area contributed by atoms with Crippen LogP contribution >= 0.6 is 0 Å². The highest BCUT2D eigenvalue weighted by atomic mass is 16.5. The summed E-state index contributed by atoms with van der Waals surface area (Å²) in [7, 11) is 2.69. The maximum atomic E-state index is 13.5. The molecule has 176 valence electrons. The number of methoxy groups -OCH3 is 2. The van der Waals surface area contributed by atoms with Crippen molar-refractivity contribution < 1.29 is 23.9 Å². The number of carbonyl (C=O) groups is 3. The fourth-order valence-corrected chi connectivity index (χ4v) is 4.65. The Bertz CT molecular complexity index is 1190. The lowest BCUT2D eigenvalue weighted by atomic mass is 9.85. The van der Waals surface area contributed by atoms with E-state index in [4.69, 9.17) is 9.47 Å². The molecule has 0 saturated carbocycles. The number of benzene rings is 1. The third-order valence-electron chi connectivity index (χ3n) is 6.45. The summed E-state index contributed by atoms with van der Waals surface area (Å²) in [6.07, 6.45) is 6.65. The van der Waals surface area contributed by atoms with Crippen molar-refractivity contribution in [3.63, 3.8) is 0 Å². The van der Waals surface area contributed by atoms with Gasteiger partial charge in [0.2, 0.25) is 23.1 Å². The molecule has 1 aliphatic heterocycles. The fraction of sp³-hybridized carbons (Fsp3) is 0.333. The van der Waals surface area contributed by atoms with Crippen LogP contribution in [0.1, 0.15) is 42.1 Å². The Morgan fingerprint density at radius 2 is 1.59 bits per heavy atom. The number of ketones is 2. The van der Waals surface area contributed by atoms with E-state index in [9.17, 15) is 14.4 Å². The molecule has 0 bridgehead atoms. The van der Waals surface area contributed by atoms with Gasteiger partial charge in [0.05, 0.1) is 14.2 Å². The van der Waals surface area contributed by atoms with Crippen LogP contribution in [0.2, 0.25) is 0 Å². The van der Waals surface area contributed by atoms with Gasteiger partial charge in [-0.3, -0.25) is 19.4 Å². The summed E-state index contributed by atoms with van der Waals surface area (Å²) in [5.41, 5.74) is 3.59. The summed E-state index contributed by atoms with van der Waals surface area (Å²) in [6.45, 7) is 3.09. The normalized spacial score (nSPS) is 16.7. The molecule has 2 aliphatic rings. The molecule has 7 nitrogen and oxygen atoms in total. The van der Waals surface area contributed by atoms with Gasteiger partial charge in [0.25, 0.3) is 5.91 Å². The molecule has 1 aromatic heterocycles. The second kappa shape index (κ2) is 10.0. The van der Waals surface area contributed by atoms with E-state index in [-0.39, 0.29) is 35.4 Å². The average Bonchev–Trinajstić information content (AvgIpc) is 2.88. The molecule has 34 heavy (non-hydrogen) atoms. The maximum absolute atomic E-state index is 13.5.